The van der Waals surface area contributed by atoms with E-state index in [-0.39, 0.29) is 5.91 Å². The maximum atomic E-state index is 11.7. The Morgan fingerprint density at radius 1 is 1.33 bits per heavy atom. The van der Waals surface area contributed by atoms with Crippen molar-refractivity contribution in [2.24, 2.45) is 0 Å². The lowest BCUT2D eigenvalue weighted by atomic mass is 10.1. The highest BCUT2D eigenvalue weighted by Crippen LogP contribution is 2.19. The molecule has 6 heteroatoms. The lowest BCUT2D eigenvalue weighted by molar-refractivity contribution is -0.116. The van der Waals surface area contributed by atoms with Crippen LogP contribution in [0.4, 0.5) is 0 Å². The van der Waals surface area contributed by atoms with E-state index in [9.17, 15) is 4.79 Å². The number of hydrogen-bond acceptors (Lipinski definition) is 5. The Kier molecular flexibility index (Phi) is 5.18. The van der Waals surface area contributed by atoms with Crippen molar-refractivity contribution in [1.82, 2.24) is 15.3 Å². The second-order valence-corrected chi connectivity index (χ2v) is 6.18. The van der Waals surface area contributed by atoms with Gasteiger partial charge >= 0.3 is 0 Å². The minimum atomic E-state index is -0.146. The van der Waals surface area contributed by atoms with E-state index < -0.39 is 0 Å². The Hall–Kier alpha value is -2.73. The van der Waals surface area contributed by atoms with Gasteiger partial charge in [-0.1, -0.05) is 17.7 Å². The first-order valence-electron chi connectivity index (χ1n) is 7.57. The zero-order valence-electron chi connectivity index (χ0n) is 13.2. The van der Waals surface area contributed by atoms with E-state index in [0.29, 0.717) is 18.9 Å². The molecule has 0 saturated carbocycles. The molecule has 0 bridgehead atoms. The number of nitrogens with zero attached hydrogens (tertiary/aromatic N) is 2. The lowest BCUT2D eigenvalue weighted by Crippen LogP contribution is -2.23. The molecule has 0 saturated heterocycles. The Bertz CT molecular complexity index is 820. The van der Waals surface area contributed by atoms with Gasteiger partial charge in [-0.3, -0.25) is 4.79 Å². The van der Waals surface area contributed by atoms with Crippen molar-refractivity contribution in [3.8, 4) is 11.5 Å². The van der Waals surface area contributed by atoms with Gasteiger partial charge in [0.15, 0.2) is 0 Å². The van der Waals surface area contributed by atoms with Gasteiger partial charge in [0.25, 0.3) is 0 Å². The minimum Gasteiger partial charge on any atom is -0.444 e. The van der Waals surface area contributed by atoms with E-state index in [2.05, 4.69) is 15.3 Å². The normalized spacial score (nSPS) is 11.0. The average Bonchev–Trinajstić information content (AvgIpc) is 3.25. The molecular weight excluding hydrogens is 322 g/mol. The topological polar surface area (TPSA) is 68.0 Å². The third kappa shape index (κ3) is 4.39. The van der Waals surface area contributed by atoms with Crippen LogP contribution in [-0.2, 0) is 11.2 Å². The fraction of sp³-hybridized carbons (Fsp3) is 0.167. The third-order valence-electron chi connectivity index (χ3n) is 3.36. The van der Waals surface area contributed by atoms with Crippen molar-refractivity contribution < 1.29 is 9.21 Å². The first kappa shape index (κ1) is 16.1. The average molecular weight is 339 g/mol. The predicted octanol–water partition coefficient (Wildman–Crippen LogP) is 3.48. The summed E-state index contributed by atoms with van der Waals surface area (Å²) < 4.78 is 5.50. The summed E-state index contributed by atoms with van der Waals surface area (Å²) in [6, 6.07) is 8.01. The first-order chi connectivity index (χ1) is 11.7. The van der Waals surface area contributed by atoms with Crippen LogP contribution in [0.1, 0.15) is 16.3 Å². The number of carbonyl (C=O) groups excluding carboxylic acids is 1. The first-order valence-corrected chi connectivity index (χ1v) is 8.45. The van der Waals surface area contributed by atoms with Crippen LogP contribution < -0.4 is 5.32 Å². The molecule has 1 amide bonds. The van der Waals surface area contributed by atoms with Gasteiger partial charge < -0.3 is 9.73 Å². The van der Waals surface area contributed by atoms with Gasteiger partial charge in [0.2, 0.25) is 11.8 Å². The summed E-state index contributed by atoms with van der Waals surface area (Å²) in [4.78, 5) is 20.3. The maximum Gasteiger partial charge on any atom is 0.244 e. The van der Waals surface area contributed by atoms with E-state index >= 15 is 0 Å². The molecule has 2 aromatic heterocycles. The lowest BCUT2D eigenvalue weighted by Gasteiger charge is -1.99. The van der Waals surface area contributed by atoms with E-state index in [1.807, 2.05) is 36.6 Å². The molecule has 0 unspecified atom stereocenters. The second-order valence-electron chi connectivity index (χ2n) is 5.25. The van der Waals surface area contributed by atoms with Crippen molar-refractivity contribution in [3.05, 3.63) is 64.4 Å². The van der Waals surface area contributed by atoms with Crippen LogP contribution in [0.5, 0.6) is 0 Å². The highest BCUT2D eigenvalue weighted by atomic mass is 32.1. The zero-order valence-corrected chi connectivity index (χ0v) is 14.0. The Labute approximate surface area is 144 Å². The summed E-state index contributed by atoms with van der Waals surface area (Å²) in [7, 11) is 0. The summed E-state index contributed by atoms with van der Waals surface area (Å²) in [6.07, 6.45) is 7.14. The molecular formula is C18H17N3O2S. The number of aromatic nitrogens is 2. The number of benzene rings is 1. The number of amides is 1. The van der Waals surface area contributed by atoms with Crippen molar-refractivity contribution in [3.63, 3.8) is 0 Å². The molecule has 1 aromatic carbocycles. The predicted molar refractivity (Wildman–Crippen MR) is 94.5 cm³/mol. The highest BCUT2D eigenvalue weighted by molar-refractivity contribution is 7.10. The van der Waals surface area contributed by atoms with Crippen LogP contribution in [0.15, 0.2) is 52.6 Å². The monoisotopic (exact) mass is 339 g/mol. The fourth-order valence-electron chi connectivity index (χ4n) is 2.09. The van der Waals surface area contributed by atoms with E-state index in [1.165, 1.54) is 23.0 Å². The number of carbonyl (C=O) groups is 1. The van der Waals surface area contributed by atoms with Crippen molar-refractivity contribution in [1.29, 1.82) is 0 Å². The van der Waals surface area contributed by atoms with Gasteiger partial charge in [-0.25, -0.2) is 9.97 Å². The molecule has 24 heavy (non-hydrogen) atoms. The smallest absolute Gasteiger partial charge is 0.244 e. The van der Waals surface area contributed by atoms with Gasteiger partial charge in [0, 0.05) is 36.2 Å². The molecule has 0 aliphatic rings. The van der Waals surface area contributed by atoms with Crippen LogP contribution in [0, 0.1) is 6.92 Å². The molecule has 0 fully saturated rings. The molecule has 5 nitrogen and oxygen atoms in total. The molecule has 2 heterocycles. The van der Waals surface area contributed by atoms with E-state index in [1.54, 1.807) is 18.5 Å². The largest absolute Gasteiger partial charge is 0.444 e. The van der Waals surface area contributed by atoms with Crippen molar-refractivity contribution >= 4 is 23.3 Å². The van der Waals surface area contributed by atoms with Crippen molar-refractivity contribution in [2.75, 3.05) is 6.54 Å². The summed E-state index contributed by atoms with van der Waals surface area (Å²) in [5.41, 5.74) is 2.95. The van der Waals surface area contributed by atoms with Crippen LogP contribution in [0.3, 0.4) is 0 Å². The fourth-order valence-corrected chi connectivity index (χ4v) is 2.62. The van der Waals surface area contributed by atoms with E-state index in [4.69, 9.17) is 4.42 Å². The quantitative estimate of drug-likeness (QED) is 0.698. The number of oxazole rings is 1. The molecule has 3 aromatic rings. The Balaban J connectivity index is 1.49. The van der Waals surface area contributed by atoms with Crippen LogP contribution in [0.25, 0.3) is 17.5 Å². The number of aryl methyl sites for hydroxylation is 1. The Morgan fingerprint density at radius 3 is 2.92 bits per heavy atom. The third-order valence-corrected chi connectivity index (χ3v) is 4.10. The van der Waals surface area contributed by atoms with Gasteiger partial charge in [-0.15, -0.1) is 11.3 Å². The van der Waals surface area contributed by atoms with Gasteiger partial charge in [0.1, 0.15) is 11.3 Å². The SMILES string of the molecule is Cc1ccc(-c2nc(CCNC(=O)/C=C/c3nccs3)co2)cc1. The number of thiazole rings is 1. The Morgan fingerprint density at radius 2 is 2.17 bits per heavy atom. The summed E-state index contributed by atoms with van der Waals surface area (Å²) in [6.45, 7) is 2.54. The highest BCUT2D eigenvalue weighted by Gasteiger charge is 2.06. The number of nitrogens with one attached hydrogen (secondary N) is 1. The molecule has 0 spiro atoms. The zero-order chi connectivity index (χ0) is 16.8. The van der Waals surface area contributed by atoms with Crippen LogP contribution in [0.2, 0.25) is 0 Å². The molecule has 3 rings (SSSR count). The van der Waals surface area contributed by atoms with Crippen LogP contribution >= 0.6 is 11.3 Å². The molecule has 1 N–H and O–H groups in total. The van der Waals surface area contributed by atoms with Crippen molar-refractivity contribution in [2.45, 2.75) is 13.3 Å². The molecule has 0 atom stereocenters. The molecule has 0 radical (unpaired) electrons. The van der Waals surface area contributed by atoms with Gasteiger partial charge in [-0.2, -0.15) is 0 Å². The van der Waals surface area contributed by atoms with Crippen LogP contribution in [-0.4, -0.2) is 22.4 Å². The standard InChI is InChI=1S/C18H17N3O2S/c1-13-2-4-14(5-3-13)18-21-15(12-23-18)8-9-19-16(22)6-7-17-20-10-11-24-17/h2-7,10-12H,8-9H2,1H3,(H,19,22)/b7-6+. The summed E-state index contributed by atoms with van der Waals surface area (Å²) in [5, 5.41) is 5.50. The molecule has 0 aliphatic heterocycles. The maximum absolute atomic E-state index is 11.7. The molecule has 0 aliphatic carbocycles. The molecule has 122 valence electrons. The number of hydrogen-bond donors (Lipinski definition) is 1. The number of rotatable bonds is 6. The van der Waals surface area contributed by atoms with Gasteiger partial charge in [0.05, 0.1) is 5.69 Å². The second kappa shape index (κ2) is 7.70. The summed E-state index contributed by atoms with van der Waals surface area (Å²) in [5.74, 6) is 0.451. The van der Waals surface area contributed by atoms with Gasteiger partial charge in [-0.05, 0) is 25.1 Å². The minimum absolute atomic E-state index is 0.146. The van der Waals surface area contributed by atoms with E-state index in [0.717, 1.165) is 16.3 Å². The summed E-state index contributed by atoms with van der Waals surface area (Å²) >= 11 is 1.49.